The molecule has 0 aromatic heterocycles. The highest BCUT2D eigenvalue weighted by molar-refractivity contribution is 5.94. The summed E-state index contributed by atoms with van der Waals surface area (Å²) in [5.74, 6) is 0.696. The van der Waals surface area contributed by atoms with E-state index in [0.29, 0.717) is 24.4 Å². The Kier molecular flexibility index (Phi) is 6.00. The van der Waals surface area contributed by atoms with Crippen molar-refractivity contribution in [1.29, 1.82) is 0 Å². The summed E-state index contributed by atoms with van der Waals surface area (Å²) < 4.78 is 5.64. The number of nitrogen functional groups attached to an aromatic ring is 1. The predicted molar refractivity (Wildman–Crippen MR) is 92.5 cm³/mol. The van der Waals surface area contributed by atoms with Gasteiger partial charge in [0.15, 0.2) is 0 Å². The molecule has 1 amide bonds. The van der Waals surface area contributed by atoms with Gasteiger partial charge in [0.05, 0.1) is 0 Å². The summed E-state index contributed by atoms with van der Waals surface area (Å²) in [5.41, 5.74) is 7.84. The van der Waals surface area contributed by atoms with Crippen LogP contribution in [0.15, 0.2) is 48.5 Å². The highest BCUT2D eigenvalue weighted by Gasteiger charge is 2.05. The fourth-order valence-corrected chi connectivity index (χ4v) is 2.01. The molecule has 5 heteroatoms. The zero-order valence-corrected chi connectivity index (χ0v) is 13.6. The number of nitrogens with zero attached hydrogens (tertiary/aromatic N) is 1. The quantitative estimate of drug-likeness (QED) is 0.769. The van der Waals surface area contributed by atoms with E-state index < -0.39 is 0 Å². The van der Waals surface area contributed by atoms with Crippen molar-refractivity contribution in [3.8, 4) is 5.75 Å². The van der Waals surface area contributed by atoms with Crippen LogP contribution < -0.4 is 15.8 Å². The number of ether oxygens (including phenoxy) is 1. The lowest BCUT2D eigenvalue weighted by Gasteiger charge is -2.11. The maximum atomic E-state index is 12.0. The van der Waals surface area contributed by atoms with Gasteiger partial charge >= 0.3 is 0 Å². The molecular weight excluding hydrogens is 290 g/mol. The standard InChI is InChI=1S/C18H23N3O2/c1-21(2)10-11-23-17-8-6-14(7-9-17)13-20-18(22)15-4-3-5-16(19)12-15/h3-9,12H,10-11,13,19H2,1-2H3,(H,20,22). The number of nitrogens with one attached hydrogen (secondary N) is 1. The highest BCUT2D eigenvalue weighted by atomic mass is 16.5. The molecule has 0 aliphatic heterocycles. The Morgan fingerprint density at radius 2 is 1.91 bits per heavy atom. The van der Waals surface area contributed by atoms with Gasteiger partial charge in [0, 0.05) is 24.3 Å². The maximum Gasteiger partial charge on any atom is 0.251 e. The van der Waals surface area contributed by atoms with Crippen molar-refractivity contribution in [1.82, 2.24) is 10.2 Å². The van der Waals surface area contributed by atoms with Gasteiger partial charge in [0.2, 0.25) is 0 Å². The van der Waals surface area contributed by atoms with Crippen molar-refractivity contribution in [2.24, 2.45) is 0 Å². The number of anilines is 1. The Labute approximate surface area is 137 Å². The zero-order valence-electron chi connectivity index (χ0n) is 13.6. The molecule has 0 saturated heterocycles. The van der Waals surface area contributed by atoms with Crippen molar-refractivity contribution in [3.05, 3.63) is 59.7 Å². The van der Waals surface area contributed by atoms with Gasteiger partial charge in [-0.15, -0.1) is 0 Å². The van der Waals surface area contributed by atoms with Crippen LogP contribution in [-0.2, 0) is 6.54 Å². The van der Waals surface area contributed by atoms with Crippen molar-refractivity contribution in [2.45, 2.75) is 6.54 Å². The lowest BCUT2D eigenvalue weighted by molar-refractivity contribution is 0.0951. The Bertz CT molecular complexity index is 639. The molecular formula is C18H23N3O2. The van der Waals surface area contributed by atoms with Crippen molar-refractivity contribution < 1.29 is 9.53 Å². The molecule has 0 atom stereocenters. The largest absolute Gasteiger partial charge is 0.492 e. The lowest BCUT2D eigenvalue weighted by atomic mass is 10.1. The summed E-state index contributed by atoms with van der Waals surface area (Å²) in [6.07, 6.45) is 0. The Morgan fingerprint density at radius 1 is 1.17 bits per heavy atom. The van der Waals surface area contributed by atoms with Crippen LogP contribution in [0.3, 0.4) is 0 Å². The number of benzene rings is 2. The molecule has 122 valence electrons. The van der Waals surface area contributed by atoms with Crippen LogP contribution >= 0.6 is 0 Å². The second kappa shape index (κ2) is 8.19. The minimum absolute atomic E-state index is 0.136. The van der Waals surface area contributed by atoms with E-state index in [-0.39, 0.29) is 5.91 Å². The number of carbonyl (C=O) groups is 1. The van der Waals surface area contributed by atoms with Gasteiger partial charge < -0.3 is 20.7 Å². The molecule has 0 radical (unpaired) electrons. The van der Waals surface area contributed by atoms with E-state index >= 15 is 0 Å². The normalized spacial score (nSPS) is 10.6. The first-order chi connectivity index (χ1) is 11.0. The summed E-state index contributed by atoms with van der Waals surface area (Å²) in [6.45, 7) is 1.99. The average Bonchev–Trinajstić information content (AvgIpc) is 2.53. The van der Waals surface area contributed by atoms with Gasteiger partial charge in [0.25, 0.3) is 5.91 Å². The number of likely N-dealkylation sites (N-methyl/N-ethyl adjacent to an activating group) is 1. The van der Waals surface area contributed by atoms with Crippen LogP contribution in [0.1, 0.15) is 15.9 Å². The Balaban J connectivity index is 1.83. The lowest BCUT2D eigenvalue weighted by Crippen LogP contribution is -2.22. The first-order valence-corrected chi connectivity index (χ1v) is 7.55. The average molecular weight is 313 g/mol. The molecule has 0 saturated carbocycles. The van der Waals surface area contributed by atoms with Crippen LogP contribution in [0.5, 0.6) is 5.75 Å². The number of rotatable bonds is 7. The molecule has 0 spiro atoms. The summed E-state index contributed by atoms with van der Waals surface area (Å²) >= 11 is 0. The van der Waals surface area contributed by atoms with Crippen molar-refractivity contribution >= 4 is 11.6 Å². The fraction of sp³-hybridized carbons (Fsp3) is 0.278. The first-order valence-electron chi connectivity index (χ1n) is 7.55. The number of carbonyl (C=O) groups excluding carboxylic acids is 1. The molecule has 0 bridgehead atoms. The topological polar surface area (TPSA) is 67.6 Å². The Hall–Kier alpha value is -2.53. The van der Waals surface area contributed by atoms with E-state index in [9.17, 15) is 4.79 Å². The monoisotopic (exact) mass is 313 g/mol. The molecule has 5 nitrogen and oxygen atoms in total. The van der Waals surface area contributed by atoms with Crippen LogP contribution in [-0.4, -0.2) is 38.1 Å². The molecule has 0 unspecified atom stereocenters. The molecule has 23 heavy (non-hydrogen) atoms. The summed E-state index contributed by atoms with van der Waals surface area (Å²) in [5, 5.41) is 2.88. The second-order valence-electron chi connectivity index (χ2n) is 5.60. The van der Waals surface area contributed by atoms with Crippen molar-refractivity contribution in [2.75, 3.05) is 33.0 Å². The van der Waals surface area contributed by atoms with Crippen molar-refractivity contribution in [3.63, 3.8) is 0 Å². The van der Waals surface area contributed by atoms with Crippen LogP contribution in [0.2, 0.25) is 0 Å². The van der Waals surface area contributed by atoms with E-state index in [2.05, 4.69) is 10.2 Å². The fourth-order valence-electron chi connectivity index (χ4n) is 2.01. The number of hydrogen-bond acceptors (Lipinski definition) is 4. The van der Waals surface area contributed by atoms with Crippen LogP contribution in [0.25, 0.3) is 0 Å². The molecule has 0 aliphatic carbocycles. The van der Waals surface area contributed by atoms with E-state index in [4.69, 9.17) is 10.5 Å². The summed E-state index contributed by atoms with van der Waals surface area (Å²) in [6, 6.07) is 14.7. The van der Waals surface area contributed by atoms with Crippen LogP contribution in [0, 0.1) is 0 Å². The van der Waals surface area contributed by atoms with Gasteiger partial charge in [-0.3, -0.25) is 4.79 Å². The third kappa shape index (κ3) is 5.64. The van der Waals surface area contributed by atoms with E-state index in [1.54, 1.807) is 24.3 Å². The van der Waals surface area contributed by atoms with E-state index in [0.717, 1.165) is 17.9 Å². The zero-order chi connectivity index (χ0) is 16.7. The second-order valence-corrected chi connectivity index (χ2v) is 5.60. The molecule has 2 aromatic rings. The number of nitrogens with two attached hydrogens (primary N) is 1. The molecule has 0 aliphatic rings. The van der Waals surface area contributed by atoms with Gasteiger partial charge in [-0.25, -0.2) is 0 Å². The summed E-state index contributed by atoms with van der Waals surface area (Å²) in [7, 11) is 4.02. The minimum atomic E-state index is -0.136. The third-order valence-corrected chi connectivity index (χ3v) is 3.33. The van der Waals surface area contributed by atoms with E-state index in [1.165, 1.54) is 0 Å². The Morgan fingerprint density at radius 3 is 2.57 bits per heavy atom. The van der Waals surface area contributed by atoms with Gasteiger partial charge in [-0.2, -0.15) is 0 Å². The van der Waals surface area contributed by atoms with Crippen LogP contribution in [0.4, 0.5) is 5.69 Å². The van der Waals surface area contributed by atoms with Gasteiger partial charge in [-0.05, 0) is 50.0 Å². The number of amides is 1. The molecule has 2 rings (SSSR count). The molecule has 3 N–H and O–H groups in total. The first kappa shape index (κ1) is 16.8. The SMILES string of the molecule is CN(C)CCOc1ccc(CNC(=O)c2cccc(N)c2)cc1. The van der Waals surface area contributed by atoms with Gasteiger partial charge in [-0.1, -0.05) is 18.2 Å². The molecule has 0 heterocycles. The highest BCUT2D eigenvalue weighted by Crippen LogP contribution is 2.12. The van der Waals surface area contributed by atoms with Gasteiger partial charge in [0.1, 0.15) is 12.4 Å². The molecule has 0 fully saturated rings. The summed E-state index contributed by atoms with van der Waals surface area (Å²) in [4.78, 5) is 14.1. The smallest absolute Gasteiger partial charge is 0.251 e. The number of hydrogen-bond donors (Lipinski definition) is 2. The molecule has 2 aromatic carbocycles. The maximum absolute atomic E-state index is 12.0. The third-order valence-electron chi connectivity index (χ3n) is 3.33. The predicted octanol–water partition coefficient (Wildman–Crippen LogP) is 2.14. The minimum Gasteiger partial charge on any atom is -0.492 e. The van der Waals surface area contributed by atoms with E-state index in [1.807, 2.05) is 38.4 Å².